The van der Waals surface area contributed by atoms with E-state index >= 15 is 0 Å². The Hall–Kier alpha value is -3.26. The van der Waals surface area contributed by atoms with Gasteiger partial charge in [0.05, 0.1) is 6.54 Å². The first-order valence-electron chi connectivity index (χ1n) is 9.14. The number of carbonyl (C=O) groups excluding carboxylic acids is 3. The highest BCUT2D eigenvalue weighted by Gasteiger charge is 2.49. The van der Waals surface area contributed by atoms with Crippen molar-refractivity contribution in [2.45, 2.75) is 26.3 Å². The molecule has 3 amide bonds. The van der Waals surface area contributed by atoms with Crippen molar-refractivity contribution in [1.82, 2.24) is 19.8 Å². The maximum absolute atomic E-state index is 13.0. The molecule has 7 nitrogen and oxygen atoms in total. The lowest BCUT2D eigenvalue weighted by atomic mass is 9.92. The summed E-state index contributed by atoms with van der Waals surface area (Å²) in [6.45, 7) is 5.07. The van der Waals surface area contributed by atoms with E-state index in [1.165, 1.54) is 11.3 Å². The molecule has 3 aromatic rings. The van der Waals surface area contributed by atoms with Gasteiger partial charge in [-0.3, -0.25) is 19.1 Å². The third-order valence-electron chi connectivity index (χ3n) is 5.27. The average molecular weight is 408 g/mol. The quantitative estimate of drug-likeness (QED) is 0.519. The molecule has 1 aliphatic heterocycles. The van der Waals surface area contributed by atoms with Crippen LogP contribution in [-0.2, 0) is 10.3 Å². The highest BCUT2D eigenvalue weighted by Crippen LogP contribution is 2.29. The molecule has 1 atom stereocenters. The van der Waals surface area contributed by atoms with Crippen LogP contribution in [0.2, 0.25) is 0 Å². The average Bonchev–Trinajstić information content (AvgIpc) is 3.38. The standard InChI is InChI=1S/C21H20N4O3S/c1-13-11-16(14(2)25(13)20-22-9-10-29-20)17(26)12-24-18(27)21(3,23-19(24)28)15-7-5-4-6-8-15/h4-11H,12H2,1-3H3,(H,23,28). The molecule has 1 aliphatic rings. The molecule has 29 heavy (non-hydrogen) atoms. The Morgan fingerprint density at radius 1 is 1.21 bits per heavy atom. The lowest BCUT2D eigenvalue weighted by Gasteiger charge is -2.22. The van der Waals surface area contributed by atoms with Crippen LogP contribution in [0.5, 0.6) is 0 Å². The van der Waals surface area contributed by atoms with Gasteiger partial charge in [-0.1, -0.05) is 30.3 Å². The Morgan fingerprint density at radius 3 is 2.59 bits per heavy atom. The second-order valence-corrected chi connectivity index (χ2v) is 8.04. The van der Waals surface area contributed by atoms with Crippen LogP contribution in [0.3, 0.4) is 0 Å². The van der Waals surface area contributed by atoms with E-state index in [2.05, 4.69) is 10.3 Å². The van der Waals surface area contributed by atoms with E-state index in [1.807, 2.05) is 29.9 Å². The first-order valence-corrected chi connectivity index (χ1v) is 10.0. The molecular formula is C21H20N4O3S. The molecule has 3 heterocycles. The SMILES string of the molecule is Cc1cc(C(=O)CN2C(=O)NC(C)(c3ccccc3)C2=O)c(C)n1-c1nccs1. The predicted molar refractivity (Wildman–Crippen MR) is 109 cm³/mol. The highest BCUT2D eigenvalue weighted by atomic mass is 32.1. The summed E-state index contributed by atoms with van der Waals surface area (Å²) in [6.07, 6.45) is 1.71. The number of benzene rings is 1. The zero-order chi connectivity index (χ0) is 20.8. The largest absolute Gasteiger partial charge is 0.325 e. The summed E-state index contributed by atoms with van der Waals surface area (Å²) in [4.78, 5) is 43.8. The van der Waals surface area contributed by atoms with Crippen LogP contribution in [0.1, 0.15) is 34.2 Å². The molecule has 0 bridgehead atoms. The number of amides is 3. The summed E-state index contributed by atoms with van der Waals surface area (Å²) < 4.78 is 1.90. The summed E-state index contributed by atoms with van der Waals surface area (Å²) >= 11 is 1.47. The number of nitrogens with one attached hydrogen (secondary N) is 1. The minimum Gasteiger partial charge on any atom is -0.319 e. The normalized spacial score (nSPS) is 18.9. The third-order valence-corrected chi connectivity index (χ3v) is 6.03. The van der Waals surface area contributed by atoms with Gasteiger partial charge in [-0.05, 0) is 32.4 Å². The minimum absolute atomic E-state index is 0.290. The van der Waals surface area contributed by atoms with Crippen LogP contribution < -0.4 is 5.32 Å². The predicted octanol–water partition coefficient (Wildman–Crippen LogP) is 3.20. The van der Waals surface area contributed by atoms with Crippen molar-refractivity contribution in [2.24, 2.45) is 0 Å². The maximum Gasteiger partial charge on any atom is 0.325 e. The number of thiazole rings is 1. The summed E-state index contributed by atoms with van der Waals surface area (Å²) in [7, 11) is 0. The van der Waals surface area contributed by atoms with Crippen LogP contribution in [0.15, 0.2) is 48.0 Å². The molecule has 4 rings (SSSR count). The molecule has 0 spiro atoms. The number of urea groups is 1. The van der Waals surface area contributed by atoms with Gasteiger partial charge in [0.1, 0.15) is 5.54 Å². The minimum atomic E-state index is -1.18. The summed E-state index contributed by atoms with van der Waals surface area (Å²) in [6, 6.07) is 10.2. The monoisotopic (exact) mass is 408 g/mol. The Labute approximate surface area is 172 Å². The van der Waals surface area contributed by atoms with Gasteiger partial charge in [-0.15, -0.1) is 11.3 Å². The summed E-state index contributed by atoms with van der Waals surface area (Å²) in [5, 5.41) is 5.37. The highest BCUT2D eigenvalue weighted by molar-refractivity contribution is 7.12. The van der Waals surface area contributed by atoms with E-state index in [4.69, 9.17) is 0 Å². The summed E-state index contributed by atoms with van der Waals surface area (Å²) in [5.41, 5.74) is 1.57. The molecule has 1 aromatic carbocycles. The van der Waals surface area contributed by atoms with E-state index in [0.717, 1.165) is 21.4 Å². The van der Waals surface area contributed by atoms with Crippen LogP contribution in [0.25, 0.3) is 5.13 Å². The van der Waals surface area contributed by atoms with Gasteiger partial charge in [-0.2, -0.15) is 0 Å². The molecule has 0 saturated carbocycles. The zero-order valence-electron chi connectivity index (χ0n) is 16.3. The van der Waals surface area contributed by atoms with Gasteiger partial charge < -0.3 is 5.32 Å². The molecule has 148 valence electrons. The van der Waals surface area contributed by atoms with Gasteiger partial charge in [0.2, 0.25) is 0 Å². The van der Waals surface area contributed by atoms with Crippen molar-refractivity contribution in [3.63, 3.8) is 0 Å². The molecule has 0 aliphatic carbocycles. The number of hydrogen-bond acceptors (Lipinski definition) is 5. The molecular weight excluding hydrogens is 388 g/mol. The van der Waals surface area contributed by atoms with Crippen molar-refractivity contribution in [2.75, 3.05) is 6.54 Å². The third kappa shape index (κ3) is 3.05. The van der Waals surface area contributed by atoms with E-state index in [0.29, 0.717) is 11.1 Å². The first kappa shape index (κ1) is 19.1. The fourth-order valence-electron chi connectivity index (χ4n) is 3.70. The van der Waals surface area contributed by atoms with Crippen LogP contribution >= 0.6 is 11.3 Å². The molecule has 1 N–H and O–H groups in total. The number of nitrogens with zero attached hydrogens (tertiary/aromatic N) is 3. The van der Waals surface area contributed by atoms with Crippen LogP contribution in [0.4, 0.5) is 4.79 Å². The molecule has 2 aromatic heterocycles. The second-order valence-electron chi connectivity index (χ2n) is 7.17. The lowest BCUT2D eigenvalue weighted by molar-refractivity contribution is -0.130. The number of carbonyl (C=O) groups is 3. The van der Waals surface area contributed by atoms with Gasteiger partial charge in [0, 0.05) is 28.5 Å². The number of aryl methyl sites for hydroxylation is 1. The van der Waals surface area contributed by atoms with Crippen molar-refractivity contribution >= 4 is 29.1 Å². The fourth-order valence-corrected chi connectivity index (χ4v) is 4.45. The Bertz CT molecular complexity index is 1100. The topological polar surface area (TPSA) is 84.3 Å². The first-order chi connectivity index (χ1) is 13.8. The molecule has 0 radical (unpaired) electrons. The summed E-state index contributed by atoms with van der Waals surface area (Å²) in [5.74, 6) is -0.725. The van der Waals surface area contributed by atoms with Crippen molar-refractivity contribution in [3.05, 3.63) is 70.5 Å². The number of aromatic nitrogens is 2. The number of Topliss-reactive ketones (excluding diaryl/α,β-unsaturated/α-hetero) is 1. The van der Waals surface area contributed by atoms with Crippen molar-refractivity contribution < 1.29 is 14.4 Å². The molecule has 1 saturated heterocycles. The second kappa shape index (κ2) is 6.97. The van der Waals surface area contributed by atoms with E-state index in [-0.39, 0.29) is 12.3 Å². The number of rotatable bonds is 5. The smallest absolute Gasteiger partial charge is 0.319 e. The van der Waals surface area contributed by atoms with Crippen molar-refractivity contribution in [3.8, 4) is 5.13 Å². The maximum atomic E-state index is 13.0. The number of imide groups is 1. The van der Waals surface area contributed by atoms with Gasteiger partial charge >= 0.3 is 6.03 Å². The molecule has 1 unspecified atom stereocenters. The van der Waals surface area contributed by atoms with E-state index in [1.54, 1.807) is 43.5 Å². The lowest BCUT2D eigenvalue weighted by Crippen LogP contribution is -2.41. The van der Waals surface area contributed by atoms with Crippen LogP contribution in [0, 0.1) is 13.8 Å². The fraction of sp³-hybridized carbons (Fsp3) is 0.238. The number of ketones is 1. The molecule has 1 fully saturated rings. The van der Waals surface area contributed by atoms with E-state index in [9.17, 15) is 14.4 Å². The van der Waals surface area contributed by atoms with Crippen molar-refractivity contribution in [1.29, 1.82) is 0 Å². The van der Waals surface area contributed by atoms with Gasteiger partial charge in [0.25, 0.3) is 5.91 Å². The van der Waals surface area contributed by atoms with Gasteiger partial charge in [-0.25, -0.2) is 9.78 Å². The Morgan fingerprint density at radius 2 is 1.93 bits per heavy atom. The number of hydrogen-bond donors (Lipinski definition) is 1. The Kier molecular flexibility index (Phi) is 4.58. The van der Waals surface area contributed by atoms with E-state index < -0.39 is 17.5 Å². The Balaban J connectivity index is 1.60. The zero-order valence-corrected chi connectivity index (χ0v) is 17.1. The molecule has 8 heteroatoms. The van der Waals surface area contributed by atoms with Gasteiger partial charge in [0.15, 0.2) is 10.9 Å². The van der Waals surface area contributed by atoms with Crippen LogP contribution in [-0.4, -0.2) is 38.7 Å².